The summed E-state index contributed by atoms with van der Waals surface area (Å²) < 4.78 is 12.6. The Labute approximate surface area is 188 Å². The molecule has 0 amide bonds. The molecule has 31 heavy (non-hydrogen) atoms. The summed E-state index contributed by atoms with van der Waals surface area (Å²) in [5.41, 5.74) is 1.57. The average Bonchev–Trinajstić information content (AvgIpc) is 3.22. The fraction of sp³-hybridized carbons (Fsp3) is 0.273. The molecule has 0 saturated carbocycles. The number of fused-ring (bicyclic) bond motifs is 1. The van der Waals surface area contributed by atoms with E-state index < -0.39 is 0 Å². The molecule has 0 aliphatic heterocycles. The predicted molar refractivity (Wildman–Crippen MR) is 121 cm³/mol. The maximum Gasteiger partial charge on any atom is 0.262 e. The summed E-state index contributed by atoms with van der Waals surface area (Å²) in [4.78, 5) is 17.7. The number of hydrogen-bond acceptors (Lipinski definition) is 7. The smallest absolute Gasteiger partial charge is 0.262 e. The van der Waals surface area contributed by atoms with Crippen LogP contribution in [0.4, 0.5) is 0 Å². The van der Waals surface area contributed by atoms with Crippen molar-refractivity contribution in [1.82, 2.24) is 19.7 Å². The van der Waals surface area contributed by atoms with Gasteiger partial charge in [-0.25, -0.2) is 4.98 Å². The second kappa shape index (κ2) is 10.1. The molecule has 0 saturated heterocycles. The molecule has 0 N–H and O–H groups in total. The van der Waals surface area contributed by atoms with E-state index in [1.807, 2.05) is 30.3 Å². The summed E-state index contributed by atoms with van der Waals surface area (Å²) in [6.07, 6.45) is 1.28. The van der Waals surface area contributed by atoms with Gasteiger partial charge in [-0.15, -0.1) is 10.2 Å². The zero-order chi connectivity index (χ0) is 21.6. The van der Waals surface area contributed by atoms with Gasteiger partial charge in [-0.3, -0.25) is 9.36 Å². The minimum absolute atomic E-state index is 0.101. The van der Waals surface area contributed by atoms with Gasteiger partial charge in [0.1, 0.15) is 0 Å². The Balaban J connectivity index is 1.55. The first-order valence-corrected chi connectivity index (χ1v) is 11.2. The molecule has 0 aliphatic carbocycles. The van der Waals surface area contributed by atoms with E-state index in [0.717, 1.165) is 5.56 Å². The number of aromatic nitrogens is 4. The van der Waals surface area contributed by atoms with Crippen LogP contribution in [0.3, 0.4) is 0 Å². The van der Waals surface area contributed by atoms with Gasteiger partial charge in [0.05, 0.1) is 23.1 Å². The first-order chi connectivity index (χ1) is 15.1. The highest BCUT2D eigenvalue weighted by Gasteiger charge is 2.14. The molecule has 2 heterocycles. The average molecular weight is 457 g/mol. The van der Waals surface area contributed by atoms with E-state index in [-0.39, 0.29) is 5.56 Å². The van der Waals surface area contributed by atoms with Crippen LogP contribution in [0.1, 0.15) is 23.8 Å². The summed E-state index contributed by atoms with van der Waals surface area (Å²) in [6, 6.07) is 15.1. The third-order valence-corrected chi connectivity index (χ3v) is 5.84. The predicted octanol–water partition coefficient (Wildman–Crippen LogP) is 4.35. The third kappa shape index (κ3) is 5.33. The second-order valence-electron chi connectivity index (χ2n) is 6.90. The molecule has 0 unspecified atom stereocenters. The van der Waals surface area contributed by atoms with Gasteiger partial charge >= 0.3 is 0 Å². The van der Waals surface area contributed by atoms with Crippen LogP contribution in [0.25, 0.3) is 10.9 Å². The number of thioether (sulfide) groups is 1. The summed E-state index contributed by atoms with van der Waals surface area (Å²) in [6.45, 7) is 1.06. The van der Waals surface area contributed by atoms with Gasteiger partial charge in [0.2, 0.25) is 11.8 Å². The lowest BCUT2D eigenvalue weighted by Crippen LogP contribution is -2.24. The SMILES string of the molecule is COCCCn1c(SCc2nnc(Cc3ccccc3)o2)nc2cc(Cl)ccc2c1=O. The standard InChI is InChI=1S/C22H21ClN4O3S/c1-29-11-5-10-27-21(28)17-9-8-16(23)13-18(17)24-22(27)31-14-20-26-25-19(30-20)12-15-6-3-2-4-7-15/h2-4,6-9,13H,5,10-12,14H2,1H3. The van der Waals surface area contributed by atoms with E-state index >= 15 is 0 Å². The maximum atomic E-state index is 13.0. The van der Waals surface area contributed by atoms with E-state index in [1.54, 1.807) is 29.9 Å². The largest absolute Gasteiger partial charge is 0.424 e. The van der Waals surface area contributed by atoms with Gasteiger partial charge < -0.3 is 9.15 Å². The van der Waals surface area contributed by atoms with Crippen molar-refractivity contribution in [3.63, 3.8) is 0 Å². The first kappa shape index (κ1) is 21.5. The summed E-state index contributed by atoms with van der Waals surface area (Å²) in [7, 11) is 1.64. The van der Waals surface area contributed by atoms with Crippen molar-refractivity contribution in [3.05, 3.63) is 81.3 Å². The molecule has 0 spiro atoms. The highest BCUT2D eigenvalue weighted by Crippen LogP contribution is 2.24. The first-order valence-electron chi connectivity index (χ1n) is 9.81. The van der Waals surface area contributed by atoms with E-state index in [0.29, 0.717) is 64.6 Å². The zero-order valence-electron chi connectivity index (χ0n) is 17.0. The van der Waals surface area contributed by atoms with Crippen LogP contribution in [0, 0.1) is 0 Å². The second-order valence-corrected chi connectivity index (χ2v) is 8.28. The highest BCUT2D eigenvalue weighted by molar-refractivity contribution is 7.98. The van der Waals surface area contributed by atoms with Crippen LogP contribution >= 0.6 is 23.4 Å². The van der Waals surface area contributed by atoms with Crippen LogP contribution in [-0.4, -0.2) is 33.5 Å². The lowest BCUT2D eigenvalue weighted by atomic mass is 10.2. The van der Waals surface area contributed by atoms with Crippen molar-refractivity contribution in [1.29, 1.82) is 0 Å². The lowest BCUT2D eigenvalue weighted by Gasteiger charge is -2.12. The Morgan fingerprint density at radius 2 is 1.94 bits per heavy atom. The van der Waals surface area contributed by atoms with Gasteiger partial charge in [-0.05, 0) is 30.2 Å². The van der Waals surface area contributed by atoms with E-state index in [9.17, 15) is 4.79 Å². The minimum atomic E-state index is -0.101. The molecule has 4 rings (SSSR count). The van der Waals surface area contributed by atoms with Crippen molar-refractivity contribution >= 4 is 34.3 Å². The van der Waals surface area contributed by atoms with E-state index in [1.165, 1.54) is 11.8 Å². The normalized spacial score (nSPS) is 11.3. The lowest BCUT2D eigenvalue weighted by molar-refractivity contribution is 0.189. The monoisotopic (exact) mass is 456 g/mol. The topological polar surface area (TPSA) is 83.0 Å². The van der Waals surface area contributed by atoms with Crippen LogP contribution < -0.4 is 5.56 Å². The minimum Gasteiger partial charge on any atom is -0.424 e. The molecule has 160 valence electrons. The number of methoxy groups -OCH3 is 1. The Morgan fingerprint density at radius 3 is 2.74 bits per heavy atom. The van der Waals surface area contributed by atoms with Crippen molar-refractivity contribution in [2.75, 3.05) is 13.7 Å². The molecule has 0 atom stereocenters. The Morgan fingerprint density at radius 1 is 1.13 bits per heavy atom. The molecule has 4 aromatic rings. The molecule has 0 bridgehead atoms. The van der Waals surface area contributed by atoms with Crippen LogP contribution in [0.2, 0.25) is 5.02 Å². The Bertz CT molecular complexity index is 1230. The molecule has 0 radical (unpaired) electrons. The fourth-order valence-electron chi connectivity index (χ4n) is 3.16. The Kier molecular flexibility index (Phi) is 7.01. The van der Waals surface area contributed by atoms with E-state index in [4.69, 9.17) is 20.8 Å². The quantitative estimate of drug-likeness (QED) is 0.210. The molecule has 9 heteroatoms. The summed E-state index contributed by atoms with van der Waals surface area (Å²) in [5, 5.41) is 9.93. The molecule has 2 aromatic heterocycles. The van der Waals surface area contributed by atoms with Gasteiger partial charge in [-0.2, -0.15) is 0 Å². The maximum absolute atomic E-state index is 13.0. The van der Waals surface area contributed by atoms with Crippen LogP contribution in [0.15, 0.2) is 62.9 Å². The van der Waals surface area contributed by atoms with Gasteiger partial charge in [0.15, 0.2) is 5.16 Å². The van der Waals surface area contributed by atoms with Gasteiger partial charge in [0.25, 0.3) is 5.56 Å². The van der Waals surface area contributed by atoms with E-state index in [2.05, 4.69) is 15.2 Å². The summed E-state index contributed by atoms with van der Waals surface area (Å²) in [5.74, 6) is 1.45. The molecule has 0 fully saturated rings. The number of halogens is 1. The number of rotatable bonds is 9. The Hall–Kier alpha value is -2.68. The zero-order valence-corrected chi connectivity index (χ0v) is 18.5. The molecular weight excluding hydrogens is 436 g/mol. The number of hydrogen-bond donors (Lipinski definition) is 0. The third-order valence-electron chi connectivity index (χ3n) is 4.64. The molecular formula is C22H21ClN4O3S. The van der Waals surface area contributed by atoms with Crippen molar-refractivity contribution in [2.45, 2.75) is 30.3 Å². The van der Waals surface area contributed by atoms with Gasteiger partial charge in [0, 0.05) is 25.3 Å². The number of ether oxygens (including phenoxy) is 1. The van der Waals surface area contributed by atoms with Crippen molar-refractivity contribution in [3.8, 4) is 0 Å². The van der Waals surface area contributed by atoms with Gasteiger partial charge in [-0.1, -0.05) is 53.7 Å². The van der Waals surface area contributed by atoms with Crippen molar-refractivity contribution in [2.24, 2.45) is 0 Å². The van der Waals surface area contributed by atoms with Crippen LogP contribution in [0.5, 0.6) is 0 Å². The molecule has 0 aliphatic rings. The van der Waals surface area contributed by atoms with Crippen molar-refractivity contribution < 1.29 is 9.15 Å². The highest BCUT2D eigenvalue weighted by atomic mass is 35.5. The fourth-order valence-corrected chi connectivity index (χ4v) is 4.19. The number of benzene rings is 2. The summed E-state index contributed by atoms with van der Waals surface area (Å²) >= 11 is 7.49. The number of nitrogens with zero attached hydrogens (tertiary/aromatic N) is 4. The van der Waals surface area contributed by atoms with Crippen LogP contribution in [-0.2, 0) is 23.5 Å². The molecule has 7 nitrogen and oxygen atoms in total. The molecule has 2 aromatic carbocycles.